The van der Waals surface area contributed by atoms with Crippen molar-refractivity contribution in [2.45, 2.75) is 45.2 Å². The van der Waals surface area contributed by atoms with Gasteiger partial charge >= 0.3 is 0 Å². The van der Waals surface area contributed by atoms with E-state index in [1.807, 2.05) is 37.4 Å². The van der Waals surface area contributed by atoms with E-state index in [1.165, 1.54) is 0 Å². The number of fused-ring (bicyclic) bond motifs is 1. The Morgan fingerprint density at radius 1 is 1.16 bits per heavy atom. The number of ether oxygens (including phenoxy) is 1. The van der Waals surface area contributed by atoms with Crippen molar-refractivity contribution in [3.05, 3.63) is 64.5 Å². The number of carbonyl (C=O) groups is 2. The summed E-state index contributed by atoms with van der Waals surface area (Å²) in [4.78, 5) is 33.4. The third kappa shape index (κ3) is 5.22. The molecule has 3 aliphatic heterocycles. The molecule has 2 aromatic rings. The van der Waals surface area contributed by atoms with Crippen LogP contribution in [0.1, 0.15) is 42.9 Å². The molecule has 3 aliphatic rings. The van der Waals surface area contributed by atoms with E-state index in [0.717, 1.165) is 65.5 Å². The van der Waals surface area contributed by atoms with Crippen molar-refractivity contribution < 1.29 is 14.3 Å². The average Bonchev–Trinajstić information content (AvgIpc) is 2.93. The lowest BCUT2D eigenvalue weighted by atomic mass is 9.87. The van der Waals surface area contributed by atoms with Gasteiger partial charge in [-0.2, -0.15) is 0 Å². The Labute approximate surface area is 217 Å². The first-order valence-electron chi connectivity index (χ1n) is 12.9. The first-order chi connectivity index (χ1) is 17.9. The van der Waals surface area contributed by atoms with Crippen LogP contribution in [0.3, 0.4) is 0 Å². The lowest BCUT2D eigenvalue weighted by molar-refractivity contribution is -0.128. The molecule has 1 aromatic heterocycles. The quantitative estimate of drug-likeness (QED) is 0.524. The number of anilines is 2. The van der Waals surface area contributed by atoms with Crippen LogP contribution in [0.15, 0.2) is 47.8 Å². The van der Waals surface area contributed by atoms with Crippen molar-refractivity contribution in [2.24, 2.45) is 0 Å². The topological polar surface area (TPSA) is 111 Å². The molecule has 0 saturated carbocycles. The maximum atomic E-state index is 13.3. The molecule has 0 atom stereocenters. The van der Waals surface area contributed by atoms with Crippen LogP contribution in [0.4, 0.5) is 11.5 Å². The van der Waals surface area contributed by atoms with Gasteiger partial charge in [-0.25, -0.2) is 4.98 Å². The number of nitrogens with zero attached hydrogens (tertiary/aromatic N) is 3. The molecule has 194 valence electrons. The van der Waals surface area contributed by atoms with Crippen molar-refractivity contribution in [3.8, 4) is 0 Å². The molecule has 1 saturated heterocycles. The van der Waals surface area contributed by atoms with E-state index in [4.69, 9.17) is 4.74 Å². The van der Waals surface area contributed by atoms with E-state index in [-0.39, 0.29) is 18.2 Å². The van der Waals surface area contributed by atoms with Gasteiger partial charge < -0.3 is 25.2 Å². The zero-order chi connectivity index (χ0) is 25.9. The van der Waals surface area contributed by atoms with Crippen LogP contribution >= 0.6 is 0 Å². The molecule has 3 N–H and O–H groups in total. The molecule has 0 unspecified atom stereocenters. The second-order valence-electron chi connectivity index (χ2n) is 9.81. The van der Waals surface area contributed by atoms with Crippen molar-refractivity contribution >= 4 is 29.0 Å². The van der Waals surface area contributed by atoms with Gasteiger partial charge in [-0.15, -0.1) is 0 Å². The number of benzene rings is 1. The highest BCUT2D eigenvalue weighted by Gasteiger charge is 2.31. The zero-order valence-corrected chi connectivity index (χ0v) is 21.5. The minimum Gasteiger partial charge on any atom is -0.385 e. The Hall–Kier alpha value is -3.72. The summed E-state index contributed by atoms with van der Waals surface area (Å²) in [7, 11) is 1.81. The number of hydrogen-bond donors (Lipinski definition) is 3. The van der Waals surface area contributed by atoms with Gasteiger partial charge in [0.15, 0.2) is 0 Å². The molecular weight excluding hydrogens is 468 g/mol. The first kappa shape index (κ1) is 25.0. The van der Waals surface area contributed by atoms with Crippen molar-refractivity contribution in [3.63, 3.8) is 0 Å². The summed E-state index contributed by atoms with van der Waals surface area (Å²) < 4.78 is 5.51. The van der Waals surface area contributed by atoms with Crippen molar-refractivity contribution in [1.82, 2.24) is 15.2 Å². The average molecular weight is 503 g/mol. The molecular formula is C28H34N6O3. The number of hydrogen-bond acceptors (Lipinski definition) is 7. The molecule has 1 fully saturated rings. The first-order valence-corrected chi connectivity index (χ1v) is 12.9. The van der Waals surface area contributed by atoms with E-state index < -0.39 is 0 Å². The molecule has 5 rings (SSSR count). The van der Waals surface area contributed by atoms with Gasteiger partial charge in [-0.3, -0.25) is 15.0 Å². The lowest BCUT2D eigenvalue weighted by Crippen LogP contribution is -2.43. The smallest absolute Gasteiger partial charge is 0.231 e. The van der Waals surface area contributed by atoms with Gasteiger partial charge in [0.1, 0.15) is 5.82 Å². The SMILES string of the molecule is CNc1ccc(N2Cc3cccc(C(=N)C4=C(NC5CCOCC5)CCN(C(C)=O)C4)c3CC2=O)cn1. The fourth-order valence-corrected chi connectivity index (χ4v) is 5.33. The molecule has 9 nitrogen and oxygen atoms in total. The van der Waals surface area contributed by atoms with E-state index in [0.29, 0.717) is 37.8 Å². The summed E-state index contributed by atoms with van der Waals surface area (Å²) in [5, 5.41) is 15.9. The minimum absolute atomic E-state index is 0.00854. The van der Waals surface area contributed by atoms with Crippen LogP contribution in [0.5, 0.6) is 0 Å². The molecule has 2 amide bonds. The third-order valence-corrected chi connectivity index (χ3v) is 7.51. The summed E-state index contributed by atoms with van der Waals surface area (Å²) in [6, 6.07) is 9.96. The normalized spacial score (nSPS) is 18.5. The van der Waals surface area contributed by atoms with Crippen LogP contribution in [0.25, 0.3) is 0 Å². The molecule has 1 aromatic carbocycles. The summed E-state index contributed by atoms with van der Waals surface area (Å²) >= 11 is 0. The van der Waals surface area contributed by atoms with Gasteiger partial charge in [0.2, 0.25) is 11.8 Å². The predicted octanol–water partition coefficient (Wildman–Crippen LogP) is 2.86. The number of nitrogens with one attached hydrogen (secondary N) is 3. The monoisotopic (exact) mass is 502 g/mol. The highest BCUT2D eigenvalue weighted by Crippen LogP contribution is 2.30. The second kappa shape index (κ2) is 10.7. The van der Waals surface area contributed by atoms with E-state index in [1.54, 1.807) is 22.9 Å². The number of rotatable bonds is 6. The third-order valence-electron chi connectivity index (χ3n) is 7.51. The number of carbonyl (C=O) groups excluding carboxylic acids is 2. The van der Waals surface area contributed by atoms with Crippen LogP contribution in [-0.4, -0.2) is 66.8 Å². The van der Waals surface area contributed by atoms with Crippen molar-refractivity contribution in [1.29, 1.82) is 5.41 Å². The summed E-state index contributed by atoms with van der Waals surface area (Å²) in [6.07, 6.45) is 4.46. The van der Waals surface area contributed by atoms with Gasteiger partial charge in [0.25, 0.3) is 0 Å². The molecule has 0 spiro atoms. The zero-order valence-electron chi connectivity index (χ0n) is 21.5. The molecule has 0 radical (unpaired) electrons. The second-order valence-corrected chi connectivity index (χ2v) is 9.81. The summed E-state index contributed by atoms with van der Waals surface area (Å²) in [5.41, 5.74) is 5.70. The number of amides is 2. The van der Waals surface area contributed by atoms with Crippen molar-refractivity contribution in [2.75, 3.05) is 43.6 Å². The van der Waals surface area contributed by atoms with Crippen LogP contribution in [-0.2, 0) is 27.3 Å². The van der Waals surface area contributed by atoms with E-state index in [9.17, 15) is 15.0 Å². The largest absolute Gasteiger partial charge is 0.385 e. The Balaban J connectivity index is 1.45. The molecule has 4 heterocycles. The van der Waals surface area contributed by atoms with Crippen LogP contribution < -0.4 is 15.5 Å². The highest BCUT2D eigenvalue weighted by atomic mass is 16.5. The van der Waals surface area contributed by atoms with E-state index >= 15 is 0 Å². The fraction of sp³-hybridized carbons (Fsp3) is 0.429. The lowest BCUT2D eigenvalue weighted by Gasteiger charge is -2.35. The maximum absolute atomic E-state index is 13.3. The minimum atomic E-state index is -0.0182. The number of aromatic nitrogens is 1. The number of pyridine rings is 1. The Morgan fingerprint density at radius 2 is 1.97 bits per heavy atom. The molecule has 37 heavy (non-hydrogen) atoms. The Kier molecular flexibility index (Phi) is 7.23. The Bertz CT molecular complexity index is 1230. The maximum Gasteiger partial charge on any atom is 0.231 e. The summed E-state index contributed by atoms with van der Waals surface area (Å²) in [5.74, 6) is 0.736. The highest BCUT2D eigenvalue weighted by molar-refractivity contribution is 6.13. The predicted molar refractivity (Wildman–Crippen MR) is 143 cm³/mol. The molecule has 9 heteroatoms. The van der Waals surface area contributed by atoms with Crippen LogP contribution in [0, 0.1) is 5.41 Å². The van der Waals surface area contributed by atoms with Gasteiger partial charge in [0.05, 0.1) is 30.6 Å². The van der Waals surface area contributed by atoms with Gasteiger partial charge in [0, 0.05) is 69.6 Å². The fourth-order valence-electron chi connectivity index (χ4n) is 5.33. The Morgan fingerprint density at radius 3 is 2.68 bits per heavy atom. The van der Waals surface area contributed by atoms with Crippen LogP contribution in [0.2, 0.25) is 0 Å². The van der Waals surface area contributed by atoms with Gasteiger partial charge in [-0.1, -0.05) is 18.2 Å². The van der Waals surface area contributed by atoms with E-state index in [2.05, 4.69) is 15.6 Å². The van der Waals surface area contributed by atoms with Gasteiger partial charge in [-0.05, 0) is 36.1 Å². The summed E-state index contributed by atoms with van der Waals surface area (Å²) in [6.45, 7) is 4.51. The molecule has 0 aliphatic carbocycles. The molecule has 0 bridgehead atoms. The standard InChI is InChI=1S/C28H34N6O3/c1-18(35)33-11-8-25(32-20-9-12-37-13-10-20)24(17-33)28(29)22-5-3-4-19-16-34(27(36)14-23(19)22)21-6-7-26(30-2)31-15-21/h3-7,15,20,29,32H,8-14,16-17H2,1-2H3,(H,30,31).